The highest BCUT2D eigenvalue weighted by Gasteiger charge is 2.42. The van der Waals surface area contributed by atoms with Crippen LogP contribution in [-0.4, -0.2) is 62.7 Å². The van der Waals surface area contributed by atoms with Gasteiger partial charge in [0, 0.05) is 19.6 Å². The average Bonchev–Trinajstić information content (AvgIpc) is 3.35. The van der Waals surface area contributed by atoms with Crippen molar-refractivity contribution in [1.82, 2.24) is 15.1 Å². The van der Waals surface area contributed by atoms with E-state index >= 15 is 0 Å². The zero-order chi connectivity index (χ0) is 23.8. The first-order valence-electron chi connectivity index (χ1n) is 12.0. The minimum Gasteiger partial charge on any atom is -0.414 e. The fraction of sp³-hybridized carbons (Fsp3) is 0.464. The number of nitrogens with zero attached hydrogens (tertiary/aromatic N) is 2. The summed E-state index contributed by atoms with van der Waals surface area (Å²) in [4.78, 5) is 17.2. The molecule has 0 bridgehead atoms. The van der Waals surface area contributed by atoms with Crippen LogP contribution in [-0.2, 0) is 10.2 Å². The van der Waals surface area contributed by atoms with Gasteiger partial charge in [-0.05, 0) is 77.0 Å². The normalized spacial score (nSPS) is 17.8. The van der Waals surface area contributed by atoms with Crippen molar-refractivity contribution in [2.45, 2.75) is 38.1 Å². The Hall–Kier alpha value is -2.63. The van der Waals surface area contributed by atoms with Crippen LogP contribution in [0.4, 0.5) is 4.79 Å². The second-order valence-corrected chi connectivity index (χ2v) is 9.41. The number of carbonyl (C=O) groups is 1. The van der Waals surface area contributed by atoms with Gasteiger partial charge in [-0.25, -0.2) is 4.79 Å². The van der Waals surface area contributed by atoms with Crippen molar-refractivity contribution in [3.63, 3.8) is 0 Å². The van der Waals surface area contributed by atoms with E-state index < -0.39 is 5.41 Å². The van der Waals surface area contributed by atoms with E-state index in [0.717, 1.165) is 37.1 Å². The first kappa shape index (κ1) is 25.0. The molecular weight excluding hydrogens is 410 g/mol. The fourth-order valence-electron chi connectivity index (χ4n) is 4.76. The number of rotatable bonds is 9. The predicted octanol–water partition coefficient (Wildman–Crippen LogP) is 4.89. The lowest BCUT2D eigenvalue weighted by molar-refractivity contribution is 0.117. The predicted molar refractivity (Wildman–Crippen MR) is 135 cm³/mol. The zero-order valence-electron chi connectivity index (χ0n) is 20.8. The molecule has 33 heavy (non-hydrogen) atoms. The van der Waals surface area contributed by atoms with Crippen LogP contribution in [0, 0.1) is 5.92 Å². The summed E-state index contributed by atoms with van der Waals surface area (Å²) in [6, 6.07) is 21.1. The molecule has 1 saturated heterocycles. The van der Waals surface area contributed by atoms with E-state index in [1.54, 1.807) is 4.90 Å². The highest BCUT2D eigenvalue weighted by molar-refractivity contribution is 5.69. The van der Waals surface area contributed by atoms with Crippen LogP contribution < -0.4 is 5.32 Å². The molecule has 178 valence electrons. The van der Waals surface area contributed by atoms with Gasteiger partial charge in [-0.15, -0.1) is 0 Å². The maximum Gasteiger partial charge on any atom is 0.414 e. The zero-order valence-corrected chi connectivity index (χ0v) is 20.8. The number of benzene rings is 2. The first-order valence-corrected chi connectivity index (χ1v) is 12.0. The summed E-state index contributed by atoms with van der Waals surface area (Å²) < 4.78 is 6.24. The molecule has 3 rings (SSSR count). The maximum absolute atomic E-state index is 13.3. The quantitative estimate of drug-likeness (QED) is 0.554. The smallest absolute Gasteiger partial charge is 0.414 e. The van der Waals surface area contributed by atoms with Crippen molar-refractivity contribution >= 4 is 6.09 Å². The fourth-order valence-corrected chi connectivity index (χ4v) is 4.76. The third kappa shape index (κ3) is 5.84. The monoisotopic (exact) mass is 449 g/mol. The van der Waals surface area contributed by atoms with Crippen molar-refractivity contribution in [1.29, 1.82) is 0 Å². The molecule has 2 aromatic carbocycles. The molecule has 0 aliphatic carbocycles. The van der Waals surface area contributed by atoms with Gasteiger partial charge in [-0.2, -0.15) is 0 Å². The van der Waals surface area contributed by atoms with E-state index in [0.29, 0.717) is 18.2 Å². The molecule has 1 fully saturated rings. The van der Waals surface area contributed by atoms with Gasteiger partial charge in [0.05, 0.1) is 5.41 Å². The second kappa shape index (κ2) is 11.5. The molecule has 1 N–H and O–H groups in total. The molecule has 0 spiro atoms. The van der Waals surface area contributed by atoms with E-state index in [2.05, 4.69) is 79.8 Å². The standard InChI is InChI=1S/C28H39N3O2/c1-6-26(33-27(32)31(5)21-23-17-18-29-20-23)28(19-22(2)30(3)4,24-13-9-7-10-14-24)25-15-11-8-12-16-25/h6-16,22-23,29H,17-21H2,1-5H3/b26-6-. The Morgan fingerprint density at radius 2 is 1.67 bits per heavy atom. The molecule has 1 amide bonds. The lowest BCUT2D eigenvalue weighted by Gasteiger charge is -2.40. The topological polar surface area (TPSA) is 44.8 Å². The highest BCUT2D eigenvalue weighted by Crippen LogP contribution is 2.44. The third-order valence-electron chi connectivity index (χ3n) is 6.90. The van der Waals surface area contributed by atoms with E-state index in [1.807, 2.05) is 32.2 Å². The Kier molecular flexibility index (Phi) is 8.70. The van der Waals surface area contributed by atoms with Gasteiger partial charge in [0.1, 0.15) is 5.76 Å². The number of allylic oxidation sites excluding steroid dienone is 2. The molecular formula is C28H39N3O2. The minimum atomic E-state index is -0.591. The number of hydrogen-bond acceptors (Lipinski definition) is 4. The Labute approximate surface area is 199 Å². The summed E-state index contributed by atoms with van der Waals surface area (Å²) in [5.74, 6) is 1.15. The summed E-state index contributed by atoms with van der Waals surface area (Å²) >= 11 is 0. The van der Waals surface area contributed by atoms with Gasteiger partial charge in [-0.3, -0.25) is 0 Å². The number of hydrogen-bond donors (Lipinski definition) is 1. The molecule has 1 aliphatic heterocycles. The molecule has 2 aromatic rings. The summed E-state index contributed by atoms with van der Waals surface area (Å²) in [5, 5.41) is 3.37. The third-order valence-corrected chi connectivity index (χ3v) is 6.90. The van der Waals surface area contributed by atoms with Crippen LogP contribution >= 0.6 is 0 Å². The van der Waals surface area contributed by atoms with Crippen LogP contribution in [0.3, 0.4) is 0 Å². The molecule has 2 atom stereocenters. The number of ether oxygens (including phenoxy) is 1. The number of carbonyl (C=O) groups excluding carboxylic acids is 1. The Morgan fingerprint density at radius 1 is 1.09 bits per heavy atom. The lowest BCUT2D eigenvalue weighted by Crippen LogP contribution is -2.41. The molecule has 0 aromatic heterocycles. The van der Waals surface area contributed by atoms with Crippen molar-refractivity contribution in [2.24, 2.45) is 5.92 Å². The van der Waals surface area contributed by atoms with Crippen molar-refractivity contribution < 1.29 is 9.53 Å². The van der Waals surface area contributed by atoms with E-state index in [4.69, 9.17) is 4.74 Å². The van der Waals surface area contributed by atoms with Crippen LogP contribution in [0.5, 0.6) is 0 Å². The summed E-state index contributed by atoms with van der Waals surface area (Å²) in [5.41, 5.74) is 1.65. The summed E-state index contributed by atoms with van der Waals surface area (Å²) in [6.45, 7) is 6.84. The van der Waals surface area contributed by atoms with Gasteiger partial charge >= 0.3 is 6.09 Å². The molecule has 1 aliphatic rings. The van der Waals surface area contributed by atoms with Crippen molar-refractivity contribution in [3.8, 4) is 0 Å². The van der Waals surface area contributed by atoms with Crippen molar-refractivity contribution in [3.05, 3.63) is 83.6 Å². The molecule has 0 radical (unpaired) electrons. The molecule has 5 nitrogen and oxygen atoms in total. The van der Waals surface area contributed by atoms with Crippen LogP contribution in [0.25, 0.3) is 0 Å². The highest BCUT2D eigenvalue weighted by atomic mass is 16.6. The molecule has 0 saturated carbocycles. The number of nitrogens with one attached hydrogen (secondary N) is 1. The number of amides is 1. The van der Waals surface area contributed by atoms with E-state index in [9.17, 15) is 4.79 Å². The van der Waals surface area contributed by atoms with E-state index in [1.165, 1.54) is 0 Å². The van der Waals surface area contributed by atoms with Crippen LogP contribution in [0.1, 0.15) is 37.8 Å². The van der Waals surface area contributed by atoms with Gasteiger partial charge in [0.2, 0.25) is 0 Å². The van der Waals surface area contributed by atoms with Gasteiger partial charge in [0.15, 0.2) is 0 Å². The molecule has 1 heterocycles. The Morgan fingerprint density at radius 3 is 2.12 bits per heavy atom. The Balaban J connectivity index is 2.03. The van der Waals surface area contributed by atoms with Gasteiger partial charge < -0.3 is 19.9 Å². The largest absolute Gasteiger partial charge is 0.414 e. The van der Waals surface area contributed by atoms with E-state index in [-0.39, 0.29) is 12.1 Å². The lowest BCUT2D eigenvalue weighted by atomic mass is 9.68. The maximum atomic E-state index is 13.3. The molecule has 5 heteroatoms. The van der Waals surface area contributed by atoms with Crippen molar-refractivity contribution in [2.75, 3.05) is 40.8 Å². The van der Waals surface area contributed by atoms with Crippen LogP contribution in [0.2, 0.25) is 0 Å². The summed E-state index contributed by atoms with van der Waals surface area (Å²) in [6.07, 6.45) is 3.53. The molecule has 2 unspecified atom stereocenters. The first-order chi connectivity index (χ1) is 15.9. The average molecular weight is 450 g/mol. The SMILES string of the molecule is C/C=C(\OC(=O)N(C)CC1CCNC1)C(CC(C)N(C)C)(c1ccccc1)c1ccccc1. The van der Waals surface area contributed by atoms with Gasteiger partial charge in [-0.1, -0.05) is 60.7 Å². The van der Waals surface area contributed by atoms with Gasteiger partial charge in [0.25, 0.3) is 0 Å². The second-order valence-electron chi connectivity index (χ2n) is 9.41. The van der Waals surface area contributed by atoms with Crippen LogP contribution in [0.15, 0.2) is 72.5 Å². The minimum absolute atomic E-state index is 0.251. The Bertz CT molecular complexity index is 866. The summed E-state index contributed by atoms with van der Waals surface area (Å²) in [7, 11) is 6.02.